The first-order valence-corrected chi connectivity index (χ1v) is 7.77. The van der Waals surface area contributed by atoms with Gasteiger partial charge < -0.3 is 14.2 Å². The van der Waals surface area contributed by atoms with Crippen molar-refractivity contribution in [2.75, 3.05) is 7.11 Å². The molecule has 0 spiro atoms. The van der Waals surface area contributed by atoms with Crippen LogP contribution in [-0.2, 0) is 20.9 Å². The summed E-state index contributed by atoms with van der Waals surface area (Å²) in [5.41, 5.74) is 1.82. The zero-order chi connectivity index (χ0) is 18.2. The first-order valence-electron chi connectivity index (χ1n) is 7.77. The van der Waals surface area contributed by atoms with Gasteiger partial charge in [0.05, 0.1) is 7.11 Å². The molecule has 1 unspecified atom stereocenters. The zero-order valence-electron chi connectivity index (χ0n) is 14.2. The van der Waals surface area contributed by atoms with Crippen molar-refractivity contribution in [3.05, 3.63) is 77.9 Å². The minimum absolute atomic E-state index is 0.161. The lowest BCUT2D eigenvalue weighted by molar-refractivity contribution is -0.142. The normalized spacial score (nSPS) is 11.3. The van der Waals surface area contributed by atoms with Gasteiger partial charge in [-0.15, -0.1) is 0 Å². The maximum Gasteiger partial charge on any atom is 0.342 e. The van der Waals surface area contributed by atoms with Gasteiger partial charge in [0, 0.05) is 6.08 Å². The van der Waals surface area contributed by atoms with Gasteiger partial charge in [0.15, 0.2) is 0 Å². The topological polar surface area (TPSA) is 61.8 Å². The average molecular weight is 340 g/mol. The third-order valence-corrected chi connectivity index (χ3v) is 3.59. The maximum absolute atomic E-state index is 12.4. The zero-order valence-corrected chi connectivity index (χ0v) is 14.2. The minimum atomic E-state index is -0.531. The number of hydrogen-bond donors (Lipinski definition) is 0. The lowest BCUT2D eigenvalue weighted by atomic mass is 10.1. The van der Waals surface area contributed by atoms with Crippen LogP contribution in [0.15, 0.2) is 61.2 Å². The Balaban J connectivity index is 2.16. The van der Waals surface area contributed by atoms with E-state index in [0.717, 1.165) is 11.6 Å². The van der Waals surface area contributed by atoms with Crippen LogP contribution in [0.1, 0.15) is 34.5 Å². The molecule has 0 N–H and O–H groups in total. The molecule has 0 amide bonds. The Morgan fingerprint density at radius 1 is 1.16 bits per heavy atom. The predicted octanol–water partition coefficient (Wildman–Crippen LogP) is 3.84. The van der Waals surface area contributed by atoms with Crippen molar-refractivity contribution >= 4 is 11.9 Å². The van der Waals surface area contributed by atoms with E-state index in [1.165, 1.54) is 7.11 Å². The van der Waals surface area contributed by atoms with Crippen molar-refractivity contribution < 1.29 is 23.8 Å². The van der Waals surface area contributed by atoms with Crippen molar-refractivity contribution in [3.63, 3.8) is 0 Å². The van der Waals surface area contributed by atoms with Gasteiger partial charge in [-0.1, -0.05) is 43.0 Å². The van der Waals surface area contributed by atoms with Gasteiger partial charge in [-0.3, -0.25) is 0 Å². The second-order valence-corrected chi connectivity index (χ2v) is 5.30. The highest BCUT2D eigenvalue weighted by Gasteiger charge is 2.18. The summed E-state index contributed by atoms with van der Waals surface area (Å²) in [5, 5.41) is 0. The van der Waals surface area contributed by atoms with E-state index in [0.29, 0.717) is 11.3 Å². The van der Waals surface area contributed by atoms with Crippen LogP contribution in [0.3, 0.4) is 0 Å². The molecule has 0 saturated carbocycles. The molecule has 0 heterocycles. The van der Waals surface area contributed by atoms with Crippen LogP contribution < -0.4 is 4.74 Å². The third kappa shape index (κ3) is 4.94. The van der Waals surface area contributed by atoms with Crippen molar-refractivity contribution in [1.82, 2.24) is 0 Å². The van der Waals surface area contributed by atoms with Crippen molar-refractivity contribution in [2.45, 2.75) is 19.6 Å². The molecule has 1 atom stereocenters. The second kappa shape index (κ2) is 8.68. The van der Waals surface area contributed by atoms with E-state index >= 15 is 0 Å². The Hall–Kier alpha value is -3.08. The first kappa shape index (κ1) is 18.3. The average Bonchev–Trinajstić information content (AvgIpc) is 2.66. The molecule has 0 aliphatic rings. The summed E-state index contributed by atoms with van der Waals surface area (Å²) >= 11 is 0. The Morgan fingerprint density at radius 3 is 2.52 bits per heavy atom. The molecule has 0 aliphatic heterocycles. The SMILES string of the molecule is C=CC(=O)OC(C)c1ccc(OC)c(C(=O)OCc2ccccc2)c1. The molecule has 0 bridgehead atoms. The summed E-state index contributed by atoms with van der Waals surface area (Å²) < 4.78 is 15.8. The second-order valence-electron chi connectivity index (χ2n) is 5.30. The summed E-state index contributed by atoms with van der Waals surface area (Å²) in [6.07, 6.45) is 0.562. The Morgan fingerprint density at radius 2 is 1.88 bits per heavy atom. The summed E-state index contributed by atoms with van der Waals surface area (Å²) in [4.78, 5) is 23.8. The molecular formula is C20H20O5. The highest BCUT2D eigenvalue weighted by atomic mass is 16.5. The number of rotatable bonds is 7. The van der Waals surface area contributed by atoms with Gasteiger partial charge in [0.2, 0.25) is 0 Å². The lowest BCUT2D eigenvalue weighted by Gasteiger charge is -2.15. The van der Waals surface area contributed by atoms with Gasteiger partial charge in [-0.2, -0.15) is 0 Å². The number of carbonyl (C=O) groups excluding carboxylic acids is 2. The van der Waals surface area contributed by atoms with Crippen molar-refractivity contribution in [3.8, 4) is 5.75 Å². The van der Waals surface area contributed by atoms with Crippen LogP contribution in [0.5, 0.6) is 5.75 Å². The Kier molecular flexibility index (Phi) is 6.34. The molecule has 0 radical (unpaired) electrons. The van der Waals surface area contributed by atoms with E-state index in [2.05, 4.69) is 6.58 Å². The van der Waals surface area contributed by atoms with Crippen molar-refractivity contribution in [2.24, 2.45) is 0 Å². The van der Waals surface area contributed by atoms with Crippen LogP contribution in [0.4, 0.5) is 0 Å². The smallest absolute Gasteiger partial charge is 0.342 e. The number of benzene rings is 2. The highest BCUT2D eigenvalue weighted by Crippen LogP contribution is 2.26. The summed E-state index contributed by atoms with van der Waals surface area (Å²) in [6.45, 7) is 5.24. The predicted molar refractivity (Wildman–Crippen MR) is 93.3 cm³/mol. The molecule has 2 aromatic carbocycles. The standard InChI is InChI=1S/C20H20O5/c1-4-19(21)25-14(2)16-10-11-18(23-3)17(12-16)20(22)24-13-15-8-6-5-7-9-15/h4-12,14H,1,13H2,2-3H3. The fourth-order valence-corrected chi connectivity index (χ4v) is 2.23. The first-order chi connectivity index (χ1) is 12.0. The lowest BCUT2D eigenvalue weighted by Crippen LogP contribution is -2.10. The van der Waals surface area contributed by atoms with Gasteiger partial charge in [-0.05, 0) is 30.2 Å². The summed E-state index contributed by atoms with van der Waals surface area (Å²) in [5.74, 6) is -0.648. The largest absolute Gasteiger partial charge is 0.496 e. The minimum Gasteiger partial charge on any atom is -0.496 e. The van der Waals surface area contributed by atoms with Crippen LogP contribution in [-0.4, -0.2) is 19.0 Å². The molecule has 0 saturated heterocycles. The molecule has 0 aliphatic carbocycles. The van der Waals surface area contributed by atoms with Gasteiger partial charge in [-0.25, -0.2) is 9.59 Å². The summed E-state index contributed by atoms with van der Waals surface area (Å²) in [7, 11) is 1.48. The molecule has 5 nitrogen and oxygen atoms in total. The number of methoxy groups -OCH3 is 1. The monoisotopic (exact) mass is 340 g/mol. The number of esters is 2. The number of hydrogen-bond acceptors (Lipinski definition) is 5. The molecule has 0 aromatic heterocycles. The van der Waals surface area contributed by atoms with E-state index < -0.39 is 18.0 Å². The van der Waals surface area contributed by atoms with E-state index in [4.69, 9.17) is 14.2 Å². The van der Waals surface area contributed by atoms with E-state index in [1.807, 2.05) is 30.3 Å². The van der Waals surface area contributed by atoms with Crippen LogP contribution in [0, 0.1) is 0 Å². The molecule has 5 heteroatoms. The Bertz CT molecular complexity index is 752. The highest BCUT2D eigenvalue weighted by molar-refractivity contribution is 5.92. The van der Waals surface area contributed by atoms with Crippen molar-refractivity contribution in [1.29, 1.82) is 0 Å². The van der Waals surface area contributed by atoms with Crippen LogP contribution in [0.25, 0.3) is 0 Å². The molecule has 2 rings (SSSR count). The third-order valence-electron chi connectivity index (χ3n) is 3.59. The fourth-order valence-electron chi connectivity index (χ4n) is 2.23. The molecular weight excluding hydrogens is 320 g/mol. The maximum atomic E-state index is 12.4. The number of carbonyl (C=O) groups is 2. The molecule has 2 aromatic rings. The van der Waals surface area contributed by atoms with Gasteiger partial charge in [0.1, 0.15) is 24.0 Å². The van der Waals surface area contributed by atoms with Gasteiger partial charge >= 0.3 is 11.9 Å². The molecule has 25 heavy (non-hydrogen) atoms. The van der Waals surface area contributed by atoms with E-state index in [9.17, 15) is 9.59 Å². The fraction of sp³-hybridized carbons (Fsp3) is 0.200. The number of ether oxygens (including phenoxy) is 3. The van der Waals surface area contributed by atoms with Gasteiger partial charge in [0.25, 0.3) is 0 Å². The van der Waals surface area contributed by atoms with E-state index in [1.54, 1.807) is 25.1 Å². The van der Waals surface area contributed by atoms with E-state index in [-0.39, 0.29) is 12.2 Å². The van der Waals surface area contributed by atoms with Crippen LogP contribution >= 0.6 is 0 Å². The Labute approximate surface area is 146 Å². The molecule has 130 valence electrons. The quantitative estimate of drug-likeness (QED) is 0.566. The summed E-state index contributed by atoms with van der Waals surface area (Å²) in [6, 6.07) is 14.4. The molecule has 0 fully saturated rings. The van der Waals surface area contributed by atoms with Crippen LogP contribution in [0.2, 0.25) is 0 Å².